The summed E-state index contributed by atoms with van der Waals surface area (Å²) >= 11 is 0. The van der Waals surface area contributed by atoms with Gasteiger partial charge in [-0.3, -0.25) is 4.79 Å². The highest BCUT2D eigenvalue weighted by Gasteiger charge is 2.05. The molecule has 0 aliphatic rings. The predicted molar refractivity (Wildman–Crippen MR) is 87.2 cm³/mol. The van der Waals surface area contributed by atoms with Crippen LogP contribution in [0.1, 0.15) is 28.4 Å². The third-order valence-corrected chi connectivity index (χ3v) is 3.02. The number of nitrogens with zero attached hydrogens (tertiary/aromatic N) is 1. The van der Waals surface area contributed by atoms with Gasteiger partial charge in [-0.1, -0.05) is 54.6 Å². The number of hydrogen-bond donors (Lipinski definition) is 1. The Morgan fingerprint density at radius 3 is 2.43 bits per heavy atom. The molecule has 0 heterocycles. The zero-order valence-corrected chi connectivity index (χ0v) is 12.2. The first kappa shape index (κ1) is 14.7. The normalized spacial score (nSPS) is 11.6. The molecule has 0 saturated heterocycles. The molecule has 0 spiro atoms. The summed E-state index contributed by atoms with van der Waals surface area (Å²) in [5.74, 6) is -0.197. The molecule has 1 N–H and O–H groups in total. The number of aryl methyl sites for hydroxylation is 1. The summed E-state index contributed by atoms with van der Waals surface area (Å²) in [4.78, 5) is 12.0. The average Bonchev–Trinajstić information content (AvgIpc) is 2.48. The molecule has 3 nitrogen and oxygen atoms in total. The highest BCUT2D eigenvalue weighted by atomic mass is 16.2. The van der Waals surface area contributed by atoms with Gasteiger partial charge in [-0.05, 0) is 36.6 Å². The monoisotopic (exact) mass is 278 g/mol. The zero-order valence-electron chi connectivity index (χ0n) is 12.2. The quantitative estimate of drug-likeness (QED) is 0.670. The molecule has 0 bridgehead atoms. The van der Waals surface area contributed by atoms with Crippen LogP contribution in [-0.4, -0.2) is 12.1 Å². The van der Waals surface area contributed by atoms with Crippen LogP contribution in [0.25, 0.3) is 6.08 Å². The number of carbonyl (C=O) groups excluding carboxylic acids is 1. The van der Waals surface area contributed by atoms with Crippen LogP contribution in [0.15, 0.2) is 65.3 Å². The van der Waals surface area contributed by atoms with E-state index in [1.165, 1.54) is 0 Å². The number of rotatable bonds is 4. The summed E-state index contributed by atoms with van der Waals surface area (Å²) in [5, 5.41) is 3.99. The number of hydrazone groups is 1. The lowest BCUT2D eigenvalue weighted by molar-refractivity contribution is 0.0954. The van der Waals surface area contributed by atoms with Crippen molar-refractivity contribution >= 4 is 18.2 Å². The van der Waals surface area contributed by atoms with Crippen molar-refractivity contribution < 1.29 is 4.79 Å². The minimum absolute atomic E-state index is 0.197. The van der Waals surface area contributed by atoms with Crippen molar-refractivity contribution in [3.63, 3.8) is 0 Å². The molecule has 0 aliphatic carbocycles. The minimum atomic E-state index is -0.197. The molecular weight excluding hydrogens is 260 g/mol. The summed E-state index contributed by atoms with van der Waals surface area (Å²) in [6.07, 6.45) is 3.65. The van der Waals surface area contributed by atoms with Gasteiger partial charge < -0.3 is 0 Å². The van der Waals surface area contributed by atoms with Gasteiger partial charge in [-0.25, -0.2) is 5.43 Å². The lowest BCUT2D eigenvalue weighted by atomic mass is 10.1. The number of nitrogens with one attached hydrogen (secondary N) is 1. The van der Waals surface area contributed by atoms with Gasteiger partial charge in [0.05, 0.1) is 6.21 Å². The smallest absolute Gasteiger partial charge is 0.267 e. The van der Waals surface area contributed by atoms with Crippen molar-refractivity contribution in [3.05, 3.63) is 76.9 Å². The summed E-state index contributed by atoms with van der Waals surface area (Å²) in [5.41, 5.74) is 6.18. The first-order valence-electron chi connectivity index (χ1n) is 6.79. The zero-order chi connectivity index (χ0) is 15.1. The molecule has 21 heavy (non-hydrogen) atoms. The van der Waals surface area contributed by atoms with Crippen molar-refractivity contribution in [1.82, 2.24) is 5.43 Å². The number of benzene rings is 2. The SMILES string of the molecule is C/C(C=NNC(=O)c1ccccc1C)=C\c1ccccc1. The maximum absolute atomic E-state index is 12.0. The minimum Gasteiger partial charge on any atom is -0.267 e. The summed E-state index contributed by atoms with van der Waals surface area (Å²) in [6.45, 7) is 3.84. The maximum atomic E-state index is 12.0. The van der Waals surface area contributed by atoms with Crippen LogP contribution in [0.3, 0.4) is 0 Å². The molecule has 3 heteroatoms. The molecule has 2 aromatic carbocycles. The highest BCUT2D eigenvalue weighted by Crippen LogP contribution is 2.07. The van der Waals surface area contributed by atoms with Crippen molar-refractivity contribution in [2.75, 3.05) is 0 Å². The Morgan fingerprint density at radius 2 is 1.71 bits per heavy atom. The fraction of sp³-hybridized carbons (Fsp3) is 0.111. The number of allylic oxidation sites excluding steroid dienone is 1. The van der Waals surface area contributed by atoms with Crippen LogP contribution in [-0.2, 0) is 0 Å². The first-order chi connectivity index (χ1) is 10.2. The molecule has 0 aromatic heterocycles. The largest absolute Gasteiger partial charge is 0.271 e. The second-order valence-corrected chi connectivity index (χ2v) is 4.81. The van der Waals surface area contributed by atoms with Crippen molar-refractivity contribution in [2.45, 2.75) is 13.8 Å². The highest BCUT2D eigenvalue weighted by molar-refractivity contribution is 5.96. The van der Waals surface area contributed by atoms with Gasteiger partial charge in [-0.2, -0.15) is 5.10 Å². The van der Waals surface area contributed by atoms with Gasteiger partial charge in [0.25, 0.3) is 5.91 Å². The third kappa shape index (κ3) is 4.42. The number of amides is 1. The summed E-state index contributed by atoms with van der Waals surface area (Å²) in [6, 6.07) is 17.4. The molecule has 0 atom stereocenters. The van der Waals surface area contributed by atoms with E-state index >= 15 is 0 Å². The van der Waals surface area contributed by atoms with Gasteiger partial charge in [-0.15, -0.1) is 0 Å². The Labute approximate surface area is 125 Å². The fourth-order valence-electron chi connectivity index (χ4n) is 1.93. The molecule has 0 aliphatic heterocycles. The second kappa shape index (κ2) is 7.20. The number of carbonyl (C=O) groups is 1. The lowest BCUT2D eigenvalue weighted by Gasteiger charge is -2.03. The van der Waals surface area contributed by atoms with Crippen LogP contribution in [0.5, 0.6) is 0 Å². The molecular formula is C18H18N2O. The molecule has 0 saturated carbocycles. The topological polar surface area (TPSA) is 41.5 Å². The van der Waals surface area contributed by atoms with E-state index in [0.717, 1.165) is 16.7 Å². The van der Waals surface area contributed by atoms with E-state index in [4.69, 9.17) is 0 Å². The molecule has 2 rings (SSSR count). The van der Waals surface area contributed by atoms with Crippen LogP contribution >= 0.6 is 0 Å². The Bertz CT molecular complexity index is 673. The van der Waals surface area contributed by atoms with Crippen molar-refractivity contribution in [2.24, 2.45) is 5.10 Å². The fourth-order valence-corrected chi connectivity index (χ4v) is 1.93. The van der Waals surface area contributed by atoms with E-state index in [9.17, 15) is 4.79 Å². The Hall–Kier alpha value is -2.68. The van der Waals surface area contributed by atoms with Crippen LogP contribution in [0, 0.1) is 6.92 Å². The molecule has 1 amide bonds. The van der Waals surface area contributed by atoms with E-state index in [1.807, 2.05) is 68.5 Å². The molecule has 0 radical (unpaired) electrons. The summed E-state index contributed by atoms with van der Waals surface area (Å²) < 4.78 is 0. The molecule has 0 fully saturated rings. The maximum Gasteiger partial charge on any atom is 0.271 e. The Balaban J connectivity index is 1.98. The standard InChI is InChI=1S/C18H18N2O/c1-14(12-16-9-4-3-5-10-16)13-19-20-18(21)17-11-7-6-8-15(17)2/h3-13H,1-2H3,(H,20,21)/b14-12+,19-13?. The van der Waals surface area contributed by atoms with E-state index in [2.05, 4.69) is 10.5 Å². The summed E-state index contributed by atoms with van der Waals surface area (Å²) in [7, 11) is 0. The van der Waals surface area contributed by atoms with E-state index in [0.29, 0.717) is 5.56 Å². The first-order valence-corrected chi connectivity index (χ1v) is 6.79. The molecule has 106 valence electrons. The third-order valence-electron chi connectivity index (χ3n) is 3.02. The Kier molecular flexibility index (Phi) is 5.04. The van der Waals surface area contributed by atoms with Gasteiger partial charge in [0.15, 0.2) is 0 Å². The van der Waals surface area contributed by atoms with Crippen LogP contribution in [0.4, 0.5) is 0 Å². The van der Waals surface area contributed by atoms with Crippen molar-refractivity contribution in [3.8, 4) is 0 Å². The predicted octanol–water partition coefficient (Wildman–Crippen LogP) is 3.81. The van der Waals surface area contributed by atoms with Gasteiger partial charge in [0, 0.05) is 5.56 Å². The lowest BCUT2D eigenvalue weighted by Crippen LogP contribution is -2.18. The van der Waals surface area contributed by atoms with E-state index in [-0.39, 0.29) is 5.91 Å². The van der Waals surface area contributed by atoms with E-state index in [1.54, 1.807) is 12.3 Å². The van der Waals surface area contributed by atoms with Gasteiger partial charge >= 0.3 is 0 Å². The Morgan fingerprint density at radius 1 is 1.05 bits per heavy atom. The van der Waals surface area contributed by atoms with Gasteiger partial charge in [0.1, 0.15) is 0 Å². The van der Waals surface area contributed by atoms with E-state index < -0.39 is 0 Å². The van der Waals surface area contributed by atoms with Crippen LogP contribution < -0.4 is 5.43 Å². The van der Waals surface area contributed by atoms with Crippen molar-refractivity contribution in [1.29, 1.82) is 0 Å². The van der Waals surface area contributed by atoms with Gasteiger partial charge in [0.2, 0.25) is 0 Å². The van der Waals surface area contributed by atoms with Crippen LogP contribution in [0.2, 0.25) is 0 Å². The molecule has 0 unspecified atom stereocenters. The molecule has 2 aromatic rings. The number of hydrogen-bond acceptors (Lipinski definition) is 2. The average molecular weight is 278 g/mol. The second-order valence-electron chi connectivity index (χ2n) is 4.81.